The normalized spacial score (nSPS) is 11.9. The first kappa shape index (κ1) is 20.7. The minimum absolute atomic E-state index is 0.121. The highest BCUT2D eigenvalue weighted by molar-refractivity contribution is 7.89. The van der Waals surface area contributed by atoms with Crippen molar-refractivity contribution >= 4 is 16.0 Å². The van der Waals surface area contributed by atoms with Gasteiger partial charge in [-0.3, -0.25) is 4.99 Å². The van der Waals surface area contributed by atoms with Crippen LogP contribution in [0.2, 0.25) is 0 Å². The fraction of sp³-hybridized carbons (Fsp3) is 0.316. The number of nitrogens with zero attached hydrogens (tertiary/aromatic N) is 1. The van der Waals surface area contributed by atoms with E-state index in [9.17, 15) is 8.42 Å². The van der Waals surface area contributed by atoms with Crippen LogP contribution in [-0.2, 0) is 22.9 Å². The lowest BCUT2D eigenvalue weighted by molar-refractivity contribution is 0.414. The van der Waals surface area contributed by atoms with E-state index < -0.39 is 10.0 Å². The van der Waals surface area contributed by atoms with E-state index in [0.717, 1.165) is 36.7 Å². The van der Waals surface area contributed by atoms with Gasteiger partial charge in [0, 0.05) is 20.1 Å². The molecule has 0 aromatic heterocycles. The topological polar surface area (TPSA) is 106 Å². The second-order valence-corrected chi connectivity index (χ2v) is 7.52. The predicted molar refractivity (Wildman–Crippen MR) is 108 cm³/mol. The first-order valence-electron chi connectivity index (χ1n) is 8.61. The molecule has 0 heterocycles. The van der Waals surface area contributed by atoms with Gasteiger partial charge in [-0.2, -0.15) is 0 Å². The molecule has 146 valence electrons. The van der Waals surface area contributed by atoms with Crippen LogP contribution in [0.1, 0.15) is 11.1 Å². The summed E-state index contributed by atoms with van der Waals surface area (Å²) in [7, 11) is -0.267. The minimum Gasteiger partial charge on any atom is -0.497 e. The molecule has 8 heteroatoms. The Hall–Kier alpha value is -2.58. The molecular weight excluding hydrogens is 364 g/mol. The van der Waals surface area contributed by atoms with Crippen LogP contribution >= 0.6 is 0 Å². The Bertz CT molecular complexity index is 848. The van der Waals surface area contributed by atoms with Gasteiger partial charge in [0.15, 0.2) is 5.96 Å². The number of primary sulfonamides is 1. The Labute approximate surface area is 160 Å². The number of guanidine groups is 1. The van der Waals surface area contributed by atoms with Gasteiger partial charge in [0.25, 0.3) is 0 Å². The van der Waals surface area contributed by atoms with E-state index in [0.29, 0.717) is 6.54 Å². The summed E-state index contributed by atoms with van der Waals surface area (Å²) in [6, 6.07) is 14.6. The number of hydrogen-bond donors (Lipinski definition) is 3. The van der Waals surface area contributed by atoms with Crippen molar-refractivity contribution in [2.24, 2.45) is 10.1 Å². The van der Waals surface area contributed by atoms with Gasteiger partial charge in [-0.05, 0) is 48.2 Å². The summed E-state index contributed by atoms with van der Waals surface area (Å²) in [5.74, 6) is 1.57. The molecule has 0 aliphatic rings. The number of methoxy groups -OCH3 is 1. The first-order valence-corrected chi connectivity index (χ1v) is 10.2. The molecule has 0 amide bonds. The maximum absolute atomic E-state index is 11.3. The zero-order valence-electron chi connectivity index (χ0n) is 15.6. The number of hydrogen-bond acceptors (Lipinski definition) is 4. The molecule has 0 fully saturated rings. The second kappa shape index (κ2) is 9.94. The Morgan fingerprint density at radius 1 is 0.963 bits per heavy atom. The maximum Gasteiger partial charge on any atom is 0.238 e. The molecule has 0 aliphatic carbocycles. The average Bonchev–Trinajstić information content (AvgIpc) is 2.67. The lowest BCUT2D eigenvalue weighted by Crippen LogP contribution is -2.39. The Morgan fingerprint density at radius 2 is 1.44 bits per heavy atom. The summed E-state index contributed by atoms with van der Waals surface area (Å²) < 4.78 is 27.7. The molecule has 2 aromatic rings. The highest BCUT2D eigenvalue weighted by Gasteiger charge is 2.06. The smallest absolute Gasteiger partial charge is 0.238 e. The van der Waals surface area contributed by atoms with Gasteiger partial charge in [-0.1, -0.05) is 24.3 Å². The standard InChI is InChI=1S/C19H26N4O3S/c1-21-19(22-13-11-15-3-7-17(26-2)8-4-15)23-14-12-16-5-9-18(10-6-16)27(20,24)25/h3-10H,11-14H2,1-2H3,(H2,20,24,25)(H2,21,22,23). The summed E-state index contributed by atoms with van der Waals surface area (Å²) in [6.45, 7) is 1.44. The minimum atomic E-state index is -3.65. The molecule has 0 aliphatic heterocycles. The van der Waals surface area contributed by atoms with Crippen molar-refractivity contribution in [3.8, 4) is 5.75 Å². The number of rotatable bonds is 8. The van der Waals surface area contributed by atoms with Gasteiger partial charge in [-0.15, -0.1) is 0 Å². The Morgan fingerprint density at radius 3 is 1.85 bits per heavy atom. The molecular formula is C19H26N4O3S. The fourth-order valence-electron chi connectivity index (χ4n) is 2.51. The third kappa shape index (κ3) is 6.92. The quantitative estimate of drug-likeness (QED) is 0.465. The van der Waals surface area contributed by atoms with E-state index in [4.69, 9.17) is 9.88 Å². The second-order valence-electron chi connectivity index (χ2n) is 5.96. The van der Waals surface area contributed by atoms with Crippen LogP contribution in [0.5, 0.6) is 5.75 Å². The zero-order valence-corrected chi connectivity index (χ0v) is 16.4. The monoisotopic (exact) mass is 390 g/mol. The lowest BCUT2D eigenvalue weighted by Gasteiger charge is -2.12. The third-order valence-electron chi connectivity index (χ3n) is 4.05. The van der Waals surface area contributed by atoms with Crippen LogP contribution < -0.4 is 20.5 Å². The SMILES string of the molecule is CN=C(NCCc1ccc(OC)cc1)NCCc1ccc(S(N)(=O)=O)cc1. The Kier molecular flexibility index (Phi) is 7.63. The maximum atomic E-state index is 11.3. The van der Waals surface area contributed by atoms with E-state index in [1.807, 2.05) is 24.3 Å². The molecule has 0 radical (unpaired) electrons. The van der Waals surface area contributed by atoms with Crippen LogP contribution in [-0.4, -0.2) is 41.6 Å². The number of ether oxygens (including phenoxy) is 1. The lowest BCUT2D eigenvalue weighted by atomic mass is 10.1. The molecule has 7 nitrogen and oxygen atoms in total. The van der Waals surface area contributed by atoms with Crippen LogP contribution in [0.4, 0.5) is 0 Å². The van der Waals surface area contributed by atoms with Gasteiger partial charge < -0.3 is 15.4 Å². The fourth-order valence-corrected chi connectivity index (χ4v) is 3.02. The Balaban J connectivity index is 1.73. The largest absolute Gasteiger partial charge is 0.497 e. The molecule has 0 unspecified atom stereocenters. The molecule has 2 aromatic carbocycles. The molecule has 0 saturated heterocycles. The highest BCUT2D eigenvalue weighted by atomic mass is 32.2. The van der Waals surface area contributed by atoms with Crippen molar-refractivity contribution in [1.82, 2.24) is 10.6 Å². The highest BCUT2D eigenvalue weighted by Crippen LogP contribution is 2.11. The molecule has 0 bridgehead atoms. The molecule has 27 heavy (non-hydrogen) atoms. The van der Waals surface area contributed by atoms with Crippen molar-refractivity contribution in [3.63, 3.8) is 0 Å². The van der Waals surface area contributed by atoms with Crippen molar-refractivity contribution in [2.75, 3.05) is 27.2 Å². The van der Waals surface area contributed by atoms with Gasteiger partial charge >= 0.3 is 0 Å². The van der Waals surface area contributed by atoms with Crippen LogP contribution in [0.3, 0.4) is 0 Å². The summed E-state index contributed by atoms with van der Waals surface area (Å²) in [6.07, 6.45) is 1.61. The van der Waals surface area contributed by atoms with Crippen LogP contribution in [0.25, 0.3) is 0 Å². The van der Waals surface area contributed by atoms with Gasteiger partial charge in [0.2, 0.25) is 10.0 Å². The van der Waals surface area contributed by atoms with Crippen molar-refractivity contribution in [1.29, 1.82) is 0 Å². The van der Waals surface area contributed by atoms with Gasteiger partial charge in [0.1, 0.15) is 5.75 Å². The zero-order chi connectivity index (χ0) is 19.7. The van der Waals surface area contributed by atoms with E-state index in [2.05, 4.69) is 15.6 Å². The third-order valence-corrected chi connectivity index (χ3v) is 4.98. The molecule has 2 rings (SSSR count). The summed E-state index contributed by atoms with van der Waals surface area (Å²) >= 11 is 0. The van der Waals surface area contributed by atoms with Crippen molar-refractivity contribution < 1.29 is 13.2 Å². The van der Waals surface area contributed by atoms with Gasteiger partial charge in [-0.25, -0.2) is 13.6 Å². The average molecular weight is 391 g/mol. The predicted octanol–water partition coefficient (Wildman–Crippen LogP) is 1.29. The van der Waals surface area contributed by atoms with Gasteiger partial charge in [0.05, 0.1) is 12.0 Å². The molecule has 0 saturated carbocycles. The summed E-state index contributed by atoms with van der Waals surface area (Å²) in [5, 5.41) is 11.6. The van der Waals surface area contributed by atoms with Crippen molar-refractivity contribution in [3.05, 3.63) is 59.7 Å². The summed E-state index contributed by atoms with van der Waals surface area (Å²) in [5.41, 5.74) is 2.23. The van der Waals surface area contributed by atoms with Crippen LogP contribution in [0.15, 0.2) is 58.4 Å². The number of nitrogens with one attached hydrogen (secondary N) is 2. The number of aliphatic imine (C=N–C) groups is 1. The molecule has 0 spiro atoms. The van der Waals surface area contributed by atoms with Crippen LogP contribution in [0, 0.1) is 0 Å². The number of benzene rings is 2. The molecule has 4 N–H and O–H groups in total. The first-order chi connectivity index (χ1) is 12.9. The van der Waals surface area contributed by atoms with E-state index in [1.165, 1.54) is 17.7 Å². The van der Waals surface area contributed by atoms with E-state index >= 15 is 0 Å². The summed E-state index contributed by atoms with van der Waals surface area (Å²) in [4.78, 5) is 4.32. The van der Waals surface area contributed by atoms with E-state index in [1.54, 1.807) is 26.3 Å². The number of sulfonamides is 1. The van der Waals surface area contributed by atoms with Crippen molar-refractivity contribution in [2.45, 2.75) is 17.7 Å². The molecule has 0 atom stereocenters. The van der Waals surface area contributed by atoms with E-state index in [-0.39, 0.29) is 4.90 Å². The number of nitrogens with two attached hydrogens (primary N) is 1.